The lowest BCUT2D eigenvalue weighted by Crippen LogP contribution is -2.25. The number of nitrogens with zero attached hydrogens (tertiary/aromatic N) is 1. The average molecular weight is 287 g/mol. The van der Waals surface area contributed by atoms with Crippen molar-refractivity contribution in [2.45, 2.75) is 26.1 Å². The fraction of sp³-hybridized carbons (Fsp3) is 0.538. The first-order chi connectivity index (χ1) is 8.66. The van der Waals surface area contributed by atoms with E-state index >= 15 is 0 Å². The molecule has 6 heteroatoms. The molecule has 0 saturated heterocycles. The molecule has 1 unspecified atom stereocenters. The van der Waals surface area contributed by atoms with E-state index in [1.807, 2.05) is 19.9 Å². The molecule has 0 spiro atoms. The first-order valence-corrected chi connectivity index (χ1v) is 7.81. The Kier molecular flexibility index (Phi) is 4.95. The van der Waals surface area contributed by atoms with Crippen molar-refractivity contribution in [1.29, 1.82) is 0 Å². The smallest absolute Gasteiger partial charge is 0.231 e. The zero-order valence-electron chi connectivity index (χ0n) is 11.9. The van der Waals surface area contributed by atoms with Gasteiger partial charge in [0.1, 0.15) is 0 Å². The maximum atomic E-state index is 11.6. The SMILES string of the molecule is COC(O)c1cc(C(C)C)cc(N(C)S(C)(=O)=O)c1. The second kappa shape index (κ2) is 5.90. The quantitative estimate of drug-likeness (QED) is 0.839. The summed E-state index contributed by atoms with van der Waals surface area (Å²) in [6, 6.07) is 5.23. The fourth-order valence-electron chi connectivity index (χ4n) is 1.64. The minimum absolute atomic E-state index is 0.218. The molecule has 0 heterocycles. The van der Waals surface area contributed by atoms with Crippen molar-refractivity contribution in [3.8, 4) is 0 Å². The Morgan fingerprint density at radius 1 is 1.21 bits per heavy atom. The summed E-state index contributed by atoms with van der Waals surface area (Å²) in [5.74, 6) is 0.218. The standard InChI is InChI=1S/C13H21NO4S/c1-9(2)10-6-11(13(15)18-4)8-12(7-10)14(3)19(5,16)17/h6-9,13,15H,1-5H3. The number of ether oxygens (including phenoxy) is 1. The Labute approximate surface area is 114 Å². The van der Waals surface area contributed by atoms with Crippen LogP contribution in [0, 0.1) is 0 Å². The van der Waals surface area contributed by atoms with E-state index in [4.69, 9.17) is 4.74 Å². The van der Waals surface area contributed by atoms with Crippen molar-refractivity contribution in [1.82, 2.24) is 0 Å². The zero-order chi connectivity index (χ0) is 14.8. The van der Waals surface area contributed by atoms with Crippen molar-refractivity contribution in [2.24, 2.45) is 0 Å². The summed E-state index contributed by atoms with van der Waals surface area (Å²) in [6.07, 6.45) is 0.0759. The van der Waals surface area contributed by atoms with Gasteiger partial charge in [-0.3, -0.25) is 4.31 Å². The number of aliphatic hydroxyl groups excluding tert-OH is 1. The molecule has 0 aliphatic carbocycles. The third kappa shape index (κ3) is 3.92. The highest BCUT2D eigenvalue weighted by molar-refractivity contribution is 7.92. The summed E-state index contributed by atoms with van der Waals surface area (Å²) in [5, 5.41) is 9.75. The van der Waals surface area contributed by atoms with Crippen LogP contribution in [0.3, 0.4) is 0 Å². The van der Waals surface area contributed by atoms with Gasteiger partial charge in [0.15, 0.2) is 6.29 Å². The fourth-order valence-corrected chi connectivity index (χ4v) is 2.13. The Hall–Kier alpha value is -1.11. The predicted molar refractivity (Wildman–Crippen MR) is 75.7 cm³/mol. The van der Waals surface area contributed by atoms with E-state index in [9.17, 15) is 13.5 Å². The lowest BCUT2D eigenvalue weighted by molar-refractivity contribution is -0.0769. The number of aliphatic hydroxyl groups is 1. The topological polar surface area (TPSA) is 66.8 Å². The minimum atomic E-state index is -3.34. The van der Waals surface area contributed by atoms with Crippen molar-refractivity contribution < 1.29 is 18.3 Å². The number of hydrogen-bond donors (Lipinski definition) is 1. The van der Waals surface area contributed by atoms with Gasteiger partial charge >= 0.3 is 0 Å². The molecule has 0 aliphatic rings. The Bertz CT molecular complexity index is 540. The van der Waals surface area contributed by atoms with Gasteiger partial charge in [-0.15, -0.1) is 0 Å². The van der Waals surface area contributed by atoms with E-state index in [0.29, 0.717) is 11.3 Å². The van der Waals surface area contributed by atoms with Crippen LogP contribution in [0.15, 0.2) is 18.2 Å². The van der Waals surface area contributed by atoms with Gasteiger partial charge in [-0.25, -0.2) is 8.42 Å². The van der Waals surface area contributed by atoms with Crippen LogP contribution >= 0.6 is 0 Å². The molecule has 19 heavy (non-hydrogen) atoms. The van der Waals surface area contributed by atoms with Gasteiger partial charge in [0.05, 0.1) is 11.9 Å². The van der Waals surface area contributed by atoms with E-state index in [1.54, 1.807) is 12.1 Å². The van der Waals surface area contributed by atoms with Gasteiger partial charge in [-0.2, -0.15) is 0 Å². The largest absolute Gasteiger partial charge is 0.364 e. The van der Waals surface area contributed by atoms with Gasteiger partial charge in [-0.05, 0) is 23.6 Å². The third-order valence-corrected chi connectivity index (χ3v) is 4.20. The van der Waals surface area contributed by atoms with Gasteiger partial charge in [0.25, 0.3) is 0 Å². The summed E-state index contributed by atoms with van der Waals surface area (Å²) in [7, 11) is -0.457. The molecule has 108 valence electrons. The molecule has 1 N–H and O–H groups in total. The molecule has 1 rings (SSSR count). The van der Waals surface area contributed by atoms with Crippen LogP contribution in [-0.4, -0.2) is 33.9 Å². The molecular formula is C13H21NO4S. The first kappa shape index (κ1) is 15.9. The summed E-state index contributed by atoms with van der Waals surface area (Å²) < 4.78 is 29.3. The monoisotopic (exact) mass is 287 g/mol. The summed E-state index contributed by atoms with van der Waals surface area (Å²) in [6.45, 7) is 4.01. The van der Waals surface area contributed by atoms with Crippen LogP contribution in [0.2, 0.25) is 0 Å². The lowest BCUT2D eigenvalue weighted by Gasteiger charge is -2.21. The maximum absolute atomic E-state index is 11.6. The molecule has 0 fully saturated rings. The summed E-state index contributed by atoms with van der Waals surface area (Å²) >= 11 is 0. The minimum Gasteiger partial charge on any atom is -0.364 e. The summed E-state index contributed by atoms with van der Waals surface area (Å²) in [5.41, 5.74) is 2.00. The van der Waals surface area contributed by atoms with Crippen molar-refractivity contribution in [3.63, 3.8) is 0 Å². The average Bonchev–Trinajstić information content (AvgIpc) is 2.35. The van der Waals surface area contributed by atoms with E-state index < -0.39 is 16.3 Å². The molecule has 0 radical (unpaired) electrons. The second-order valence-corrected chi connectivity index (χ2v) is 6.84. The number of hydrogen-bond acceptors (Lipinski definition) is 4. The molecule has 1 aromatic carbocycles. The number of benzene rings is 1. The number of sulfonamides is 1. The van der Waals surface area contributed by atoms with Crippen molar-refractivity contribution >= 4 is 15.7 Å². The van der Waals surface area contributed by atoms with E-state index in [1.165, 1.54) is 18.5 Å². The molecule has 0 saturated carbocycles. The number of rotatable bonds is 5. The molecule has 0 aromatic heterocycles. The van der Waals surface area contributed by atoms with E-state index in [0.717, 1.165) is 11.8 Å². The molecule has 0 aliphatic heterocycles. The Morgan fingerprint density at radius 3 is 2.16 bits per heavy atom. The third-order valence-electron chi connectivity index (χ3n) is 3.00. The van der Waals surface area contributed by atoms with Gasteiger partial charge in [0, 0.05) is 19.7 Å². The van der Waals surface area contributed by atoms with E-state index in [2.05, 4.69) is 0 Å². The molecule has 0 bridgehead atoms. The Balaban J connectivity index is 3.36. The van der Waals surface area contributed by atoms with Gasteiger partial charge < -0.3 is 9.84 Å². The highest BCUT2D eigenvalue weighted by Crippen LogP contribution is 2.28. The lowest BCUT2D eigenvalue weighted by atomic mass is 9.99. The van der Waals surface area contributed by atoms with Crippen LogP contribution in [0.1, 0.15) is 37.2 Å². The molecule has 1 atom stereocenters. The van der Waals surface area contributed by atoms with Crippen molar-refractivity contribution in [3.05, 3.63) is 29.3 Å². The van der Waals surface area contributed by atoms with Crippen LogP contribution < -0.4 is 4.31 Å². The van der Waals surface area contributed by atoms with Gasteiger partial charge in [-0.1, -0.05) is 19.9 Å². The first-order valence-electron chi connectivity index (χ1n) is 5.96. The molecule has 0 amide bonds. The molecule has 5 nitrogen and oxygen atoms in total. The molecule has 1 aromatic rings. The maximum Gasteiger partial charge on any atom is 0.231 e. The molecular weight excluding hydrogens is 266 g/mol. The zero-order valence-corrected chi connectivity index (χ0v) is 12.7. The highest BCUT2D eigenvalue weighted by atomic mass is 32.2. The normalized spacial score (nSPS) is 13.6. The second-order valence-electron chi connectivity index (χ2n) is 4.83. The van der Waals surface area contributed by atoms with Crippen LogP contribution in [0.25, 0.3) is 0 Å². The highest BCUT2D eigenvalue weighted by Gasteiger charge is 2.17. The van der Waals surface area contributed by atoms with Crippen LogP contribution in [-0.2, 0) is 14.8 Å². The number of methoxy groups -OCH3 is 1. The van der Waals surface area contributed by atoms with Crippen molar-refractivity contribution in [2.75, 3.05) is 24.7 Å². The summed E-state index contributed by atoms with van der Waals surface area (Å²) in [4.78, 5) is 0. The van der Waals surface area contributed by atoms with Crippen LogP contribution in [0.4, 0.5) is 5.69 Å². The van der Waals surface area contributed by atoms with E-state index in [-0.39, 0.29) is 5.92 Å². The van der Waals surface area contributed by atoms with Gasteiger partial charge in [0.2, 0.25) is 10.0 Å². The number of anilines is 1. The Morgan fingerprint density at radius 2 is 1.74 bits per heavy atom. The predicted octanol–water partition coefficient (Wildman–Crippen LogP) is 1.84. The van der Waals surface area contributed by atoms with Crippen LogP contribution in [0.5, 0.6) is 0 Å².